The third-order valence-corrected chi connectivity index (χ3v) is 19.6. The SMILES string of the molecule is CCCCCCCC[C@@H](C)[C@H](OC(=O)[C@H](CO[Si](C)(C)C(C)(C)C)NC(=O)OCc1ccccc1)[C@H](C)C(=O)N[C@H](CCC(=O)OC(C)(C)C)C(=O)N[C@@H](Cc1c[nH]c2ccccc12)C(=O)OCC[Si](C)(C)C. The molecule has 0 saturated heterocycles. The van der Waals surface area contributed by atoms with Gasteiger partial charge in [0.2, 0.25) is 11.8 Å². The molecule has 17 heteroatoms. The average molecular weight is 1050 g/mol. The highest BCUT2D eigenvalue weighted by atomic mass is 28.4. The normalized spacial score (nSPS) is 14.7. The van der Waals surface area contributed by atoms with Gasteiger partial charge in [0.05, 0.1) is 19.1 Å². The van der Waals surface area contributed by atoms with E-state index in [2.05, 4.69) is 68.3 Å². The lowest BCUT2D eigenvalue weighted by molar-refractivity contribution is -0.161. The molecule has 1 aromatic heterocycles. The molecule has 0 spiro atoms. The third-order valence-electron chi connectivity index (χ3n) is 13.4. The number of carbonyl (C=O) groups is 6. The molecule has 4 N–H and O–H groups in total. The van der Waals surface area contributed by atoms with Gasteiger partial charge in [0, 0.05) is 38.0 Å². The van der Waals surface area contributed by atoms with Gasteiger partial charge >= 0.3 is 24.0 Å². The van der Waals surface area contributed by atoms with Crippen molar-refractivity contribution in [3.63, 3.8) is 0 Å². The van der Waals surface area contributed by atoms with Crippen LogP contribution in [-0.2, 0) is 60.4 Å². The summed E-state index contributed by atoms with van der Waals surface area (Å²) in [7, 11) is -4.04. The first kappa shape index (κ1) is 62.3. The van der Waals surface area contributed by atoms with E-state index in [1.54, 1.807) is 33.9 Å². The minimum Gasteiger partial charge on any atom is -0.464 e. The van der Waals surface area contributed by atoms with Crippen LogP contribution in [-0.4, -0.2) is 100 Å². The molecule has 0 fully saturated rings. The van der Waals surface area contributed by atoms with Crippen LogP contribution in [0.4, 0.5) is 4.79 Å². The summed E-state index contributed by atoms with van der Waals surface area (Å²) >= 11 is 0. The monoisotopic (exact) mass is 1050 g/mol. The second-order valence-electron chi connectivity index (χ2n) is 23.3. The zero-order valence-electron chi connectivity index (χ0n) is 46.6. The van der Waals surface area contributed by atoms with Gasteiger partial charge in [-0.1, -0.05) is 148 Å². The quantitative estimate of drug-likeness (QED) is 0.0214. The van der Waals surface area contributed by atoms with E-state index < -0.39 is 88.0 Å². The summed E-state index contributed by atoms with van der Waals surface area (Å²) in [4.78, 5) is 87.4. The Morgan fingerprint density at radius 3 is 1.97 bits per heavy atom. The number of aromatic amines is 1. The number of carbonyl (C=O) groups excluding carboxylic acids is 6. The fraction of sp³-hybridized carbons (Fsp3) is 0.643. The lowest BCUT2D eigenvalue weighted by Gasteiger charge is -2.37. The minimum absolute atomic E-state index is 0.0289. The molecular weight excluding hydrogens is 961 g/mol. The van der Waals surface area contributed by atoms with Crippen molar-refractivity contribution in [2.24, 2.45) is 11.8 Å². The van der Waals surface area contributed by atoms with Crippen molar-refractivity contribution in [2.75, 3.05) is 13.2 Å². The Morgan fingerprint density at radius 1 is 0.699 bits per heavy atom. The molecule has 3 amide bonds. The summed E-state index contributed by atoms with van der Waals surface area (Å²) in [5.41, 5.74) is 1.60. The van der Waals surface area contributed by atoms with Gasteiger partial charge in [-0.25, -0.2) is 14.4 Å². The zero-order valence-corrected chi connectivity index (χ0v) is 48.6. The van der Waals surface area contributed by atoms with E-state index >= 15 is 0 Å². The first-order valence-corrected chi connectivity index (χ1v) is 33.1. The summed E-state index contributed by atoms with van der Waals surface area (Å²) in [6.07, 6.45) is 6.43. The van der Waals surface area contributed by atoms with Crippen molar-refractivity contribution in [3.8, 4) is 0 Å². The molecular formula is C56H90N4O11Si2. The Balaban J connectivity index is 1.99. The van der Waals surface area contributed by atoms with Crippen molar-refractivity contribution in [2.45, 2.75) is 207 Å². The molecule has 0 aliphatic carbocycles. The number of unbranched alkanes of at least 4 members (excludes halogenated alkanes) is 5. The van der Waals surface area contributed by atoms with E-state index in [9.17, 15) is 28.8 Å². The van der Waals surface area contributed by atoms with Crippen LogP contribution in [0.5, 0.6) is 0 Å². The van der Waals surface area contributed by atoms with Gasteiger partial charge in [-0.05, 0) is 80.9 Å². The van der Waals surface area contributed by atoms with Crippen LogP contribution < -0.4 is 16.0 Å². The van der Waals surface area contributed by atoms with E-state index in [4.69, 9.17) is 23.4 Å². The van der Waals surface area contributed by atoms with Gasteiger partial charge in [0.15, 0.2) is 14.4 Å². The lowest BCUT2D eigenvalue weighted by Crippen LogP contribution is -2.55. The van der Waals surface area contributed by atoms with Crippen LogP contribution in [0.3, 0.4) is 0 Å². The van der Waals surface area contributed by atoms with Crippen LogP contribution in [0, 0.1) is 11.8 Å². The molecule has 3 rings (SSSR count). The fourth-order valence-electron chi connectivity index (χ4n) is 7.84. The number of nitrogens with one attached hydrogen (secondary N) is 4. The summed E-state index contributed by atoms with van der Waals surface area (Å²) < 4.78 is 29.7. The van der Waals surface area contributed by atoms with E-state index in [1.165, 1.54) is 0 Å². The number of hydrogen-bond donors (Lipinski definition) is 4. The molecule has 0 radical (unpaired) electrons. The number of hydrogen-bond acceptors (Lipinski definition) is 11. The molecule has 15 nitrogen and oxygen atoms in total. The van der Waals surface area contributed by atoms with Gasteiger partial charge in [0.1, 0.15) is 30.4 Å². The highest BCUT2D eigenvalue weighted by Gasteiger charge is 2.41. The molecule has 0 bridgehead atoms. The molecule has 6 atom stereocenters. The maximum Gasteiger partial charge on any atom is 0.408 e. The number of ether oxygens (including phenoxy) is 4. The van der Waals surface area contributed by atoms with E-state index in [0.29, 0.717) is 6.42 Å². The number of H-pyrrole nitrogens is 1. The Morgan fingerprint density at radius 2 is 1.33 bits per heavy atom. The van der Waals surface area contributed by atoms with E-state index in [-0.39, 0.29) is 50.0 Å². The van der Waals surface area contributed by atoms with Gasteiger partial charge in [-0.15, -0.1) is 0 Å². The van der Waals surface area contributed by atoms with E-state index in [1.807, 2.05) is 74.6 Å². The summed E-state index contributed by atoms with van der Waals surface area (Å²) in [5, 5.41) is 9.10. The first-order valence-electron chi connectivity index (χ1n) is 26.5. The van der Waals surface area contributed by atoms with Crippen LogP contribution >= 0.6 is 0 Å². The Hall–Kier alpha value is -5.01. The van der Waals surface area contributed by atoms with Gasteiger partial charge in [0.25, 0.3) is 0 Å². The van der Waals surface area contributed by atoms with Crippen molar-refractivity contribution < 1.29 is 52.1 Å². The summed E-state index contributed by atoms with van der Waals surface area (Å²) in [6, 6.07) is 13.8. The van der Waals surface area contributed by atoms with Crippen LogP contribution in [0.15, 0.2) is 60.8 Å². The van der Waals surface area contributed by atoms with Crippen molar-refractivity contribution in [1.29, 1.82) is 0 Å². The second-order valence-corrected chi connectivity index (χ2v) is 33.8. The van der Waals surface area contributed by atoms with Gasteiger partial charge < -0.3 is 44.3 Å². The first-order chi connectivity index (χ1) is 34.1. The lowest BCUT2D eigenvalue weighted by atomic mass is 9.88. The number of aromatic nitrogens is 1. The van der Waals surface area contributed by atoms with Gasteiger partial charge in [-0.3, -0.25) is 14.4 Å². The highest BCUT2D eigenvalue weighted by molar-refractivity contribution is 6.76. The number of amides is 3. The molecule has 408 valence electrons. The Bertz CT molecular complexity index is 2210. The maximum atomic E-state index is 14.7. The third kappa shape index (κ3) is 22.6. The van der Waals surface area contributed by atoms with E-state index in [0.717, 1.165) is 66.6 Å². The molecule has 1 heterocycles. The molecule has 73 heavy (non-hydrogen) atoms. The van der Waals surface area contributed by atoms with Crippen molar-refractivity contribution in [3.05, 3.63) is 71.9 Å². The number of esters is 3. The van der Waals surface area contributed by atoms with Crippen LogP contribution in [0.1, 0.15) is 131 Å². The number of rotatable bonds is 30. The zero-order chi connectivity index (χ0) is 54.6. The molecule has 3 aromatic rings. The summed E-state index contributed by atoms with van der Waals surface area (Å²) in [5.74, 6) is -4.70. The summed E-state index contributed by atoms with van der Waals surface area (Å²) in [6.45, 7) is 27.7. The molecule has 2 aromatic carbocycles. The minimum atomic E-state index is -2.46. The van der Waals surface area contributed by atoms with Crippen LogP contribution in [0.2, 0.25) is 43.8 Å². The number of alkyl carbamates (subject to hydrolysis) is 1. The standard InChI is InChI=1S/C56H90N4O11Si2/c1-15-16-17-18-19-21-26-39(2)49(70-53(65)47(38-69-73(13,14)56(7,8)9)60-54(66)68-37-41-27-22-20-23-28-41)40(3)50(62)58-45(31-32-48(61)71-55(4,5)6)51(63)59-46(52(64)67-33-34-72(10,11)12)35-42-36-57-44-30-25-24-29-43(42)44/h20,22-25,27-30,36,39-40,45-47,49,57H,15-19,21,26,31-35,37-38H2,1-14H3,(H,58,62)(H,59,63)(H,60,66)/t39-,40+,45-,46+,47+,49+/m1/s1. The number of para-hydroxylation sites is 1. The average Bonchev–Trinajstić information content (AvgIpc) is 3.71. The topological polar surface area (TPSA) is 200 Å². The molecule has 0 saturated carbocycles. The van der Waals surface area contributed by atoms with Gasteiger partial charge in [-0.2, -0.15) is 0 Å². The predicted molar refractivity (Wildman–Crippen MR) is 293 cm³/mol. The van der Waals surface area contributed by atoms with Crippen molar-refractivity contribution in [1.82, 2.24) is 20.9 Å². The Labute approximate surface area is 438 Å². The Kier molecular flexibility index (Phi) is 24.9. The largest absolute Gasteiger partial charge is 0.464 e. The van der Waals surface area contributed by atoms with Crippen molar-refractivity contribution >= 4 is 63.1 Å². The molecule has 0 aliphatic rings. The molecule has 0 unspecified atom stereocenters. The second kappa shape index (κ2) is 29.2. The predicted octanol–water partition coefficient (Wildman–Crippen LogP) is 10.9. The maximum absolute atomic E-state index is 14.7. The molecule has 0 aliphatic heterocycles. The number of fused-ring (bicyclic) bond motifs is 1. The highest BCUT2D eigenvalue weighted by Crippen LogP contribution is 2.37. The number of benzene rings is 2. The smallest absolute Gasteiger partial charge is 0.408 e. The fourth-order valence-corrected chi connectivity index (χ4v) is 9.57. The van der Waals surface area contributed by atoms with Crippen LogP contribution in [0.25, 0.3) is 10.9 Å².